The number of halogens is 1. The molecule has 3 aromatic rings. The van der Waals surface area contributed by atoms with E-state index in [1.54, 1.807) is 12.1 Å². The Labute approximate surface area is 168 Å². The van der Waals surface area contributed by atoms with Gasteiger partial charge in [0.05, 0.1) is 22.3 Å². The zero-order valence-electron chi connectivity index (χ0n) is 14.7. The highest BCUT2D eigenvalue weighted by Gasteiger charge is 2.30. The summed E-state index contributed by atoms with van der Waals surface area (Å²) in [5.74, 6) is 0. The van der Waals surface area contributed by atoms with E-state index >= 15 is 0 Å². The summed E-state index contributed by atoms with van der Waals surface area (Å²) < 4.78 is 31.8. The zero-order valence-corrected chi connectivity index (χ0v) is 16.3. The fraction of sp³-hybridized carbons (Fsp3) is 0.0952. The molecule has 0 amide bonds. The van der Waals surface area contributed by atoms with E-state index in [1.165, 1.54) is 12.1 Å². The van der Waals surface area contributed by atoms with Crippen LogP contribution in [-0.4, -0.2) is 18.7 Å². The van der Waals surface area contributed by atoms with Crippen molar-refractivity contribution in [2.24, 2.45) is 5.10 Å². The molecular weight excluding hydrogens is 396 g/mol. The van der Waals surface area contributed by atoms with Crippen molar-refractivity contribution in [2.75, 3.05) is 5.01 Å². The highest BCUT2D eigenvalue weighted by atomic mass is 35.5. The summed E-state index contributed by atoms with van der Waals surface area (Å²) in [5.41, 5.74) is 3.76. The van der Waals surface area contributed by atoms with Crippen molar-refractivity contribution >= 4 is 33.1 Å². The molecular formula is C21H17ClN2O3S. The minimum Gasteiger partial charge on any atom is -0.282 e. The molecule has 1 heterocycles. The van der Waals surface area contributed by atoms with E-state index in [0.29, 0.717) is 11.4 Å². The summed E-state index contributed by atoms with van der Waals surface area (Å²) in [4.78, 5) is -0.145. The van der Waals surface area contributed by atoms with Gasteiger partial charge in [-0.3, -0.25) is 9.56 Å². The molecule has 0 bridgehead atoms. The van der Waals surface area contributed by atoms with E-state index in [4.69, 9.17) is 16.7 Å². The second kappa shape index (κ2) is 7.39. The van der Waals surface area contributed by atoms with Crippen LogP contribution in [0, 0.1) is 0 Å². The first kappa shape index (κ1) is 18.7. The third kappa shape index (κ3) is 3.80. The van der Waals surface area contributed by atoms with Crippen molar-refractivity contribution < 1.29 is 13.0 Å². The lowest BCUT2D eigenvalue weighted by Crippen LogP contribution is -2.18. The van der Waals surface area contributed by atoms with Crippen LogP contribution in [0.25, 0.3) is 0 Å². The summed E-state index contributed by atoms with van der Waals surface area (Å²) in [6.45, 7) is 0. The lowest BCUT2D eigenvalue weighted by molar-refractivity contribution is 0.483. The molecule has 0 aromatic heterocycles. The van der Waals surface area contributed by atoms with Crippen LogP contribution in [0.1, 0.15) is 23.6 Å². The molecule has 1 aliphatic rings. The van der Waals surface area contributed by atoms with Gasteiger partial charge < -0.3 is 0 Å². The average molecular weight is 413 g/mol. The van der Waals surface area contributed by atoms with E-state index in [0.717, 1.165) is 22.5 Å². The average Bonchev–Trinajstić information content (AvgIpc) is 3.14. The molecule has 28 heavy (non-hydrogen) atoms. The molecule has 1 N–H and O–H groups in total. The normalized spacial score (nSPS) is 16.9. The first-order chi connectivity index (χ1) is 13.4. The molecule has 7 heteroatoms. The fourth-order valence-electron chi connectivity index (χ4n) is 3.27. The summed E-state index contributed by atoms with van der Waals surface area (Å²) in [5, 5.41) is 7.35. The Bertz CT molecular complexity index is 1110. The highest BCUT2D eigenvalue weighted by Crippen LogP contribution is 2.37. The molecule has 0 aliphatic carbocycles. The third-order valence-corrected chi connectivity index (χ3v) is 5.79. The number of hydrogen-bond acceptors (Lipinski definition) is 4. The van der Waals surface area contributed by atoms with Crippen molar-refractivity contribution in [1.82, 2.24) is 0 Å². The van der Waals surface area contributed by atoms with Gasteiger partial charge in [-0.15, -0.1) is 0 Å². The molecule has 0 unspecified atom stereocenters. The number of anilines is 1. The van der Waals surface area contributed by atoms with Crippen molar-refractivity contribution in [3.8, 4) is 0 Å². The van der Waals surface area contributed by atoms with Gasteiger partial charge >= 0.3 is 0 Å². The van der Waals surface area contributed by atoms with Gasteiger partial charge in [0.25, 0.3) is 10.1 Å². The van der Waals surface area contributed by atoms with Crippen LogP contribution in [0.2, 0.25) is 5.02 Å². The molecule has 3 aromatic carbocycles. The molecule has 5 nitrogen and oxygen atoms in total. The van der Waals surface area contributed by atoms with Crippen LogP contribution in [0.4, 0.5) is 5.69 Å². The van der Waals surface area contributed by atoms with Crippen molar-refractivity contribution in [1.29, 1.82) is 0 Å². The Morgan fingerprint density at radius 1 is 0.929 bits per heavy atom. The van der Waals surface area contributed by atoms with Gasteiger partial charge in [-0.1, -0.05) is 54.1 Å². The number of hydrazone groups is 1. The van der Waals surface area contributed by atoms with Crippen molar-refractivity contribution in [3.63, 3.8) is 0 Å². The van der Waals surface area contributed by atoms with E-state index in [9.17, 15) is 13.0 Å². The maximum absolute atomic E-state index is 11.3. The molecule has 0 saturated heterocycles. The Morgan fingerprint density at radius 3 is 2.18 bits per heavy atom. The van der Waals surface area contributed by atoms with Crippen LogP contribution < -0.4 is 5.01 Å². The molecule has 0 saturated carbocycles. The first-order valence-electron chi connectivity index (χ1n) is 8.67. The monoisotopic (exact) mass is 412 g/mol. The second-order valence-electron chi connectivity index (χ2n) is 6.50. The number of rotatable bonds is 4. The number of nitrogens with zero attached hydrogens (tertiary/aromatic N) is 2. The third-order valence-electron chi connectivity index (χ3n) is 4.67. The topological polar surface area (TPSA) is 70.0 Å². The number of hydrogen-bond donors (Lipinski definition) is 1. The maximum atomic E-state index is 11.3. The summed E-state index contributed by atoms with van der Waals surface area (Å²) in [6, 6.07) is 23.6. The lowest BCUT2D eigenvalue weighted by Gasteiger charge is -2.24. The zero-order chi connectivity index (χ0) is 19.7. The Morgan fingerprint density at radius 2 is 1.57 bits per heavy atom. The molecule has 0 fully saturated rings. The predicted molar refractivity (Wildman–Crippen MR) is 111 cm³/mol. The Hall–Kier alpha value is -2.67. The quantitative estimate of drug-likeness (QED) is 0.616. The molecule has 4 rings (SSSR count). The van der Waals surface area contributed by atoms with Gasteiger partial charge in [0.15, 0.2) is 0 Å². The van der Waals surface area contributed by atoms with Crippen LogP contribution in [0.3, 0.4) is 0 Å². The van der Waals surface area contributed by atoms with Crippen molar-refractivity contribution in [3.05, 3.63) is 95.0 Å². The SMILES string of the molecule is O=S(=O)(O)c1ccc(N2N=C(c3ccc(Cl)cc3)C[C@H]2c2ccccc2)cc1. The standard InChI is InChI=1S/C21H17ClN2O3S/c22-17-8-6-15(7-9-17)20-14-21(16-4-2-1-3-5-16)24(23-20)18-10-12-19(13-11-18)28(25,26)27/h1-13,21H,14H2,(H,25,26,27)/t21-/m0/s1. The van der Waals surface area contributed by atoms with E-state index in [1.807, 2.05) is 59.6 Å². The largest absolute Gasteiger partial charge is 0.294 e. The Balaban J connectivity index is 1.74. The van der Waals surface area contributed by atoms with Gasteiger partial charge in [0, 0.05) is 11.4 Å². The van der Waals surface area contributed by atoms with Crippen LogP contribution in [-0.2, 0) is 10.1 Å². The van der Waals surface area contributed by atoms with Gasteiger partial charge in [-0.25, -0.2) is 0 Å². The second-order valence-corrected chi connectivity index (χ2v) is 8.36. The van der Waals surface area contributed by atoms with Gasteiger partial charge in [-0.2, -0.15) is 13.5 Å². The molecule has 0 spiro atoms. The first-order valence-corrected chi connectivity index (χ1v) is 10.5. The van der Waals surface area contributed by atoms with Gasteiger partial charge in [0.1, 0.15) is 0 Å². The molecule has 142 valence electrons. The van der Waals surface area contributed by atoms with E-state index < -0.39 is 10.1 Å². The van der Waals surface area contributed by atoms with Crippen molar-refractivity contribution in [2.45, 2.75) is 17.4 Å². The van der Waals surface area contributed by atoms with Crippen LogP contribution in [0.5, 0.6) is 0 Å². The minimum absolute atomic E-state index is 0.0246. The van der Waals surface area contributed by atoms with Crippen LogP contribution in [0.15, 0.2) is 88.9 Å². The summed E-state index contributed by atoms with van der Waals surface area (Å²) in [7, 11) is -4.23. The lowest BCUT2D eigenvalue weighted by atomic mass is 9.98. The fourth-order valence-corrected chi connectivity index (χ4v) is 3.88. The summed E-state index contributed by atoms with van der Waals surface area (Å²) >= 11 is 6.00. The smallest absolute Gasteiger partial charge is 0.282 e. The maximum Gasteiger partial charge on any atom is 0.294 e. The summed E-state index contributed by atoms with van der Waals surface area (Å²) in [6.07, 6.45) is 0.700. The van der Waals surface area contributed by atoms with Crippen LogP contribution >= 0.6 is 11.6 Å². The predicted octanol–water partition coefficient (Wildman–Crippen LogP) is 4.94. The highest BCUT2D eigenvalue weighted by molar-refractivity contribution is 7.85. The van der Waals surface area contributed by atoms with E-state index in [2.05, 4.69) is 0 Å². The number of benzene rings is 3. The minimum atomic E-state index is -4.23. The molecule has 1 aliphatic heterocycles. The Kier molecular flexibility index (Phi) is 4.93. The molecule has 1 atom stereocenters. The van der Waals surface area contributed by atoms with Gasteiger partial charge in [-0.05, 0) is 47.5 Å². The molecule has 0 radical (unpaired) electrons. The van der Waals surface area contributed by atoms with Gasteiger partial charge in [0.2, 0.25) is 0 Å². The van der Waals surface area contributed by atoms with E-state index in [-0.39, 0.29) is 10.9 Å².